The molecule has 2 atom stereocenters. The number of nitrogens with zero attached hydrogens (tertiary/aromatic N) is 1. The van der Waals surface area contributed by atoms with E-state index in [1.54, 1.807) is 14.0 Å². The van der Waals surface area contributed by atoms with Gasteiger partial charge in [0.05, 0.1) is 25.2 Å². The molecule has 1 aromatic carbocycles. The number of carbonyl (C=O) groups is 2. The molecule has 0 spiro atoms. The lowest BCUT2D eigenvalue weighted by molar-refractivity contribution is -0.138. The minimum absolute atomic E-state index is 0.0920. The zero-order valence-electron chi connectivity index (χ0n) is 19.0. The zero-order valence-corrected chi connectivity index (χ0v) is 19.0. The van der Waals surface area contributed by atoms with E-state index >= 15 is 0 Å². The molecule has 1 aliphatic carbocycles. The molecule has 31 heavy (non-hydrogen) atoms. The molecular formula is C25H31NO5. The van der Waals surface area contributed by atoms with Crippen LogP contribution in [0.4, 0.5) is 0 Å². The minimum Gasteiger partial charge on any atom is -0.493 e. The number of hydrogen-bond acceptors (Lipinski definition) is 6. The molecule has 1 unspecified atom stereocenters. The van der Waals surface area contributed by atoms with Gasteiger partial charge in [-0.2, -0.15) is 0 Å². The molecule has 1 heterocycles. The number of ether oxygens (including phenoxy) is 3. The average molecular weight is 426 g/mol. The number of methoxy groups -OCH3 is 1. The Labute approximate surface area is 184 Å². The van der Waals surface area contributed by atoms with E-state index in [1.807, 2.05) is 25.1 Å². The second-order valence-electron chi connectivity index (χ2n) is 8.77. The number of carbonyl (C=O) groups excluding carboxylic acids is 2. The van der Waals surface area contributed by atoms with Gasteiger partial charge in [0.15, 0.2) is 11.5 Å². The van der Waals surface area contributed by atoms with Crippen LogP contribution in [0.5, 0.6) is 11.5 Å². The van der Waals surface area contributed by atoms with Crippen molar-refractivity contribution >= 4 is 17.5 Å². The number of Topliss-reactive ketones (excluding diaryl/α,β-unsaturated/α-hetero) is 1. The van der Waals surface area contributed by atoms with Gasteiger partial charge in [-0.1, -0.05) is 32.6 Å². The summed E-state index contributed by atoms with van der Waals surface area (Å²) in [6, 6.07) is 5.56. The predicted octanol–water partition coefficient (Wildman–Crippen LogP) is 4.64. The van der Waals surface area contributed by atoms with Gasteiger partial charge in [-0.05, 0) is 43.4 Å². The Bertz CT molecular complexity index is 957. The van der Waals surface area contributed by atoms with Crippen LogP contribution < -0.4 is 9.47 Å². The number of aliphatic imine (C=N–C) groups is 1. The van der Waals surface area contributed by atoms with Gasteiger partial charge in [0, 0.05) is 23.7 Å². The number of hydrogen-bond donors (Lipinski definition) is 0. The van der Waals surface area contributed by atoms with Gasteiger partial charge in [-0.3, -0.25) is 9.79 Å². The molecule has 0 radical (unpaired) electrons. The van der Waals surface area contributed by atoms with E-state index in [0.29, 0.717) is 42.2 Å². The molecule has 6 heteroatoms. The van der Waals surface area contributed by atoms with Crippen LogP contribution in [0.15, 0.2) is 47.1 Å². The lowest BCUT2D eigenvalue weighted by Crippen LogP contribution is -2.44. The number of rotatable bonds is 7. The molecule has 3 rings (SSSR count). The molecule has 0 aromatic heterocycles. The van der Waals surface area contributed by atoms with E-state index in [0.717, 1.165) is 11.3 Å². The van der Waals surface area contributed by atoms with Gasteiger partial charge in [0.1, 0.15) is 12.4 Å². The fraction of sp³-hybridized carbons (Fsp3) is 0.480. The van der Waals surface area contributed by atoms with Crippen molar-refractivity contribution in [3.63, 3.8) is 0 Å². The summed E-state index contributed by atoms with van der Waals surface area (Å²) >= 11 is 0. The highest BCUT2D eigenvalue weighted by atomic mass is 16.5. The van der Waals surface area contributed by atoms with Crippen LogP contribution >= 0.6 is 0 Å². The third-order valence-corrected chi connectivity index (χ3v) is 5.76. The zero-order chi connectivity index (χ0) is 22.8. The monoisotopic (exact) mass is 425 g/mol. The first-order valence-electron chi connectivity index (χ1n) is 10.6. The lowest BCUT2D eigenvalue weighted by Gasteiger charge is -2.41. The highest BCUT2D eigenvalue weighted by molar-refractivity contribution is 6.12. The molecule has 1 saturated carbocycles. The summed E-state index contributed by atoms with van der Waals surface area (Å²) in [7, 11) is 1.57. The first-order valence-corrected chi connectivity index (χ1v) is 10.6. The van der Waals surface area contributed by atoms with Crippen LogP contribution in [0.2, 0.25) is 0 Å². The Balaban J connectivity index is 2.15. The molecule has 1 fully saturated rings. The van der Waals surface area contributed by atoms with E-state index in [1.165, 1.54) is 6.08 Å². The highest BCUT2D eigenvalue weighted by Gasteiger charge is 2.47. The highest BCUT2D eigenvalue weighted by Crippen LogP contribution is 2.48. The molecule has 166 valence electrons. The quantitative estimate of drug-likeness (QED) is 0.470. The average Bonchev–Trinajstić information content (AvgIpc) is 2.70. The number of fused-ring (bicyclic) bond motifs is 1. The molecule has 0 amide bonds. The number of allylic oxidation sites excluding steroid dienone is 1. The summed E-state index contributed by atoms with van der Waals surface area (Å²) in [4.78, 5) is 31.1. The SMILES string of the molecule is C=CCOC(=O)C1=C(C)N=C2CC(C)(C)CC(=O)C2[C@@H]1c1ccc(OCC)c(OC)c1. The van der Waals surface area contributed by atoms with Crippen LogP contribution in [-0.4, -0.2) is 37.8 Å². The van der Waals surface area contributed by atoms with E-state index < -0.39 is 17.8 Å². The topological polar surface area (TPSA) is 74.2 Å². The molecular weight excluding hydrogens is 394 g/mol. The Kier molecular flexibility index (Phi) is 6.68. The summed E-state index contributed by atoms with van der Waals surface area (Å²) in [6.45, 7) is 12.1. The van der Waals surface area contributed by atoms with Gasteiger partial charge in [-0.25, -0.2) is 4.79 Å². The lowest BCUT2D eigenvalue weighted by atomic mass is 9.63. The fourth-order valence-corrected chi connectivity index (χ4v) is 4.58. The summed E-state index contributed by atoms with van der Waals surface area (Å²) < 4.78 is 16.5. The second kappa shape index (κ2) is 9.08. The number of ketones is 1. The van der Waals surface area contributed by atoms with Gasteiger partial charge < -0.3 is 14.2 Å². The van der Waals surface area contributed by atoms with Crippen LogP contribution in [0.1, 0.15) is 52.0 Å². The van der Waals surface area contributed by atoms with E-state index in [4.69, 9.17) is 19.2 Å². The number of benzene rings is 1. The van der Waals surface area contributed by atoms with E-state index in [-0.39, 0.29) is 17.8 Å². The third kappa shape index (κ3) is 4.58. The maximum absolute atomic E-state index is 13.3. The van der Waals surface area contributed by atoms with Crippen molar-refractivity contribution in [3.05, 3.63) is 47.7 Å². The van der Waals surface area contributed by atoms with Crippen LogP contribution in [0.3, 0.4) is 0 Å². The van der Waals surface area contributed by atoms with Crippen molar-refractivity contribution in [3.8, 4) is 11.5 Å². The maximum atomic E-state index is 13.3. The van der Waals surface area contributed by atoms with Crippen molar-refractivity contribution in [1.29, 1.82) is 0 Å². The van der Waals surface area contributed by atoms with Gasteiger partial charge >= 0.3 is 5.97 Å². The molecule has 6 nitrogen and oxygen atoms in total. The number of esters is 1. The third-order valence-electron chi connectivity index (χ3n) is 5.76. The smallest absolute Gasteiger partial charge is 0.336 e. The van der Waals surface area contributed by atoms with Crippen molar-refractivity contribution < 1.29 is 23.8 Å². The van der Waals surface area contributed by atoms with Gasteiger partial charge in [0.25, 0.3) is 0 Å². The predicted molar refractivity (Wildman–Crippen MR) is 120 cm³/mol. The van der Waals surface area contributed by atoms with Crippen molar-refractivity contribution in [2.24, 2.45) is 16.3 Å². The van der Waals surface area contributed by atoms with Crippen molar-refractivity contribution in [2.45, 2.75) is 46.5 Å². The van der Waals surface area contributed by atoms with Crippen LogP contribution in [0, 0.1) is 11.3 Å². The molecule has 0 N–H and O–H groups in total. The molecule has 2 aliphatic rings. The summed E-state index contributed by atoms with van der Waals surface area (Å²) in [5, 5.41) is 0. The minimum atomic E-state index is -0.495. The Hall–Kier alpha value is -2.89. The molecule has 1 aliphatic heterocycles. The Morgan fingerprint density at radius 2 is 2.00 bits per heavy atom. The maximum Gasteiger partial charge on any atom is 0.336 e. The van der Waals surface area contributed by atoms with Gasteiger partial charge in [-0.15, -0.1) is 0 Å². The summed E-state index contributed by atoms with van der Waals surface area (Å²) in [5.74, 6) is -0.191. The molecule has 1 aromatic rings. The molecule has 0 saturated heterocycles. The van der Waals surface area contributed by atoms with Crippen molar-refractivity contribution in [2.75, 3.05) is 20.3 Å². The molecule has 0 bridgehead atoms. The normalized spacial score (nSPS) is 22.4. The Morgan fingerprint density at radius 1 is 1.26 bits per heavy atom. The Morgan fingerprint density at radius 3 is 2.65 bits per heavy atom. The van der Waals surface area contributed by atoms with Crippen LogP contribution in [-0.2, 0) is 14.3 Å². The van der Waals surface area contributed by atoms with E-state index in [9.17, 15) is 9.59 Å². The van der Waals surface area contributed by atoms with E-state index in [2.05, 4.69) is 20.4 Å². The first-order chi connectivity index (χ1) is 14.7. The fourth-order valence-electron chi connectivity index (χ4n) is 4.58. The van der Waals surface area contributed by atoms with Crippen molar-refractivity contribution in [1.82, 2.24) is 0 Å². The largest absolute Gasteiger partial charge is 0.493 e. The standard InChI is InChI=1S/C25H31NO5/c1-7-11-31-24(28)21-15(3)26-17-13-25(4,5)14-18(27)23(17)22(21)16-9-10-19(30-8-2)20(12-16)29-6/h7,9-10,12,22-23H,1,8,11,13-14H2,2-6H3/t22-,23?/m1/s1. The summed E-state index contributed by atoms with van der Waals surface area (Å²) in [6.07, 6.45) is 2.67. The summed E-state index contributed by atoms with van der Waals surface area (Å²) in [5.41, 5.74) is 2.47. The second-order valence-corrected chi connectivity index (χ2v) is 8.77. The van der Waals surface area contributed by atoms with Crippen LogP contribution in [0.25, 0.3) is 0 Å². The van der Waals surface area contributed by atoms with Gasteiger partial charge in [0.2, 0.25) is 0 Å². The first kappa shape index (κ1) is 22.8.